The molecule has 0 aromatic carbocycles. The van der Waals surface area contributed by atoms with Crippen molar-refractivity contribution >= 4 is 21.8 Å². The highest BCUT2D eigenvalue weighted by Crippen LogP contribution is 2.35. The van der Waals surface area contributed by atoms with Gasteiger partial charge in [0, 0.05) is 17.7 Å². The van der Waals surface area contributed by atoms with Crippen LogP contribution in [0.3, 0.4) is 0 Å². The van der Waals surface area contributed by atoms with Gasteiger partial charge in [0.15, 0.2) is 0 Å². The summed E-state index contributed by atoms with van der Waals surface area (Å²) in [4.78, 5) is 6.72. The Bertz CT molecular complexity index is 329. The Labute approximate surface area is 99.1 Å². The van der Waals surface area contributed by atoms with Crippen molar-refractivity contribution in [3.63, 3.8) is 0 Å². The van der Waals surface area contributed by atoms with E-state index in [0.29, 0.717) is 0 Å². The van der Waals surface area contributed by atoms with Crippen LogP contribution in [0, 0.1) is 0 Å². The normalized spacial score (nSPS) is 23.7. The van der Waals surface area contributed by atoms with E-state index in [2.05, 4.69) is 44.8 Å². The minimum Gasteiger partial charge on any atom is -0.379 e. The molecule has 0 saturated heterocycles. The van der Waals surface area contributed by atoms with Gasteiger partial charge in [-0.05, 0) is 25.5 Å². The molecule has 0 unspecified atom stereocenters. The molecule has 0 aromatic heterocycles. The number of hydrogen-bond acceptors (Lipinski definition) is 3. The first-order valence-electron chi connectivity index (χ1n) is 5.20. The van der Waals surface area contributed by atoms with E-state index in [-0.39, 0.29) is 5.54 Å². The molecule has 0 spiro atoms. The molecule has 0 radical (unpaired) electrons. The predicted molar refractivity (Wildman–Crippen MR) is 67.0 cm³/mol. The van der Waals surface area contributed by atoms with Crippen LogP contribution in [-0.2, 0) is 0 Å². The molecule has 2 aliphatic rings. The highest BCUT2D eigenvalue weighted by Gasteiger charge is 2.43. The topological polar surface area (TPSA) is 27.6 Å². The maximum Gasteiger partial charge on any atom is 0.130 e. The van der Waals surface area contributed by atoms with Crippen LogP contribution >= 0.6 is 15.9 Å². The van der Waals surface area contributed by atoms with Crippen molar-refractivity contribution in [2.24, 2.45) is 4.99 Å². The number of rotatable bonds is 3. The summed E-state index contributed by atoms with van der Waals surface area (Å²) >= 11 is 3.47. The van der Waals surface area contributed by atoms with E-state index in [1.54, 1.807) is 6.20 Å². The van der Waals surface area contributed by atoms with Gasteiger partial charge < -0.3 is 10.2 Å². The fourth-order valence-electron chi connectivity index (χ4n) is 2.22. The zero-order valence-electron chi connectivity index (χ0n) is 8.96. The quantitative estimate of drug-likeness (QED) is 0.851. The largest absolute Gasteiger partial charge is 0.379 e. The van der Waals surface area contributed by atoms with E-state index < -0.39 is 0 Å². The Morgan fingerprint density at radius 1 is 1.67 bits per heavy atom. The molecule has 1 fully saturated rings. The lowest BCUT2D eigenvalue weighted by Crippen LogP contribution is -2.60. The third kappa shape index (κ3) is 1.83. The lowest BCUT2D eigenvalue weighted by Gasteiger charge is -2.46. The maximum absolute atomic E-state index is 4.53. The molecule has 82 valence electrons. The van der Waals surface area contributed by atoms with Gasteiger partial charge in [0.05, 0.1) is 12.1 Å². The summed E-state index contributed by atoms with van der Waals surface area (Å²) < 4.78 is 1.13. The average molecular weight is 270 g/mol. The van der Waals surface area contributed by atoms with Crippen LogP contribution in [0.2, 0.25) is 0 Å². The Balaban J connectivity index is 2.24. The van der Waals surface area contributed by atoms with Crippen molar-refractivity contribution in [3.05, 3.63) is 23.5 Å². The fraction of sp³-hybridized carbons (Fsp3) is 0.545. The third-order valence-electron chi connectivity index (χ3n) is 3.09. The Morgan fingerprint density at radius 2 is 2.40 bits per heavy atom. The minimum atomic E-state index is 0.0424. The number of amidine groups is 1. The zero-order valence-corrected chi connectivity index (χ0v) is 10.5. The van der Waals surface area contributed by atoms with Crippen LogP contribution in [-0.4, -0.2) is 29.9 Å². The first-order valence-corrected chi connectivity index (χ1v) is 6.00. The van der Waals surface area contributed by atoms with Gasteiger partial charge in [-0.1, -0.05) is 22.5 Å². The minimum absolute atomic E-state index is 0.0424. The van der Waals surface area contributed by atoms with Crippen molar-refractivity contribution in [3.8, 4) is 0 Å². The van der Waals surface area contributed by atoms with Gasteiger partial charge in [0.25, 0.3) is 0 Å². The van der Waals surface area contributed by atoms with Gasteiger partial charge >= 0.3 is 0 Å². The molecule has 0 amide bonds. The summed E-state index contributed by atoms with van der Waals surface area (Å²) in [6.07, 6.45) is 7.24. The molecule has 1 heterocycles. The Morgan fingerprint density at radius 3 is 2.87 bits per heavy atom. The Kier molecular flexibility index (Phi) is 2.87. The van der Waals surface area contributed by atoms with Crippen molar-refractivity contribution in [1.82, 2.24) is 10.2 Å². The molecule has 1 aliphatic carbocycles. The van der Waals surface area contributed by atoms with Gasteiger partial charge in [-0.2, -0.15) is 0 Å². The van der Waals surface area contributed by atoms with Gasteiger partial charge in [0.2, 0.25) is 0 Å². The zero-order chi connectivity index (χ0) is 10.9. The van der Waals surface area contributed by atoms with Crippen LogP contribution in [0.5, 0.6) is 0 Å². The molecule has 1 aliphatic heterocycles. The van der Waals surface area contributed by atoms with Crippen molar-refractivity contribution in [1.29, 1.82) is 0 Å². The fourth-order valence-corrected chi connectivity index (χ4v) is 2.70. The summed E-state index contributed by atoms with van der Waals surface area (Å²) in [5.74, 6) is 1.14. The Hall–Kier alpha value is -0.770. The molecule has 3 nitrogen and oxygen atoms in total. The molecule has 0 atom stereocenters. The summed E-state index contributed by atoms with van der Waals surface area (Å²) in [5.41, 5.74) is 0.0424. The number of likely N-dealkylation sites (N-methyl/N-ethyl adjacent to an activating group) is 1. The molecule has 0 bridgehead atoms. The van der Waals surface area contributed by atoms with E-state index in [4.69, 9.17) is 0 Å². The summed E-state index contributed by atoms with van der Waals surface area (Å²) in [7, 11) is 2.08. The van der Waals surface area contributed by atoms with Crippen LogP contribution in [0.25, 0.3) is 0 Å². The van der Waals surface area contributed by atoms with E-state index in [0.717, 1.165) is 29.7 Å². The monoisotopic (exact) mass is 269 g/mol. The van der Waals surface area contributed by atoms with E-state index in [1.807, 2.05) is 6.20 Å². The van der Waals surface area contributed by atoms with Crippen LogP contribution in [0.4, 0.5) is 0 Å². The molecule has 4 heteroatoms. The molecule has 2 rings (SSSR count). The third-order valence-corrected chi connectivity index (χ3v) is 3.55. The second-order valence-electron chi connectivity index (χ2n) is 4.17. The van der Waals surface area contributed by atoms with Gasteiger partial charge in [0.1, 0.15) is 5.84 Å². The number of hydrogen-bond donors (Lipinski definition) is 1. The second-order valence-corrected chi connectivity index (χ2v) is 5.19. The number of nitrogens with zero attached hydrogens (tertiary/aromatic N) is 2. The highest BCUT2D eigenvalue weighted by molar-refractivity contribution is 9.11. The van der Waals surface area contributed by atoms with Gasteiger partial charge in [-0.25, -0.2) is 4.99 Å². The number of aliphatic imine (C=N–C) groups is 1. The van der Waals surface area contributed by atoms with E-state index >= 15 is 0 Å². The van der Waals surface area contributed by atoms with Crippen LogP contribution < -0.4 is 5.32 Å². The maximum atomic E-state index is 4.53. The van der Waals surface area contributed by atoms with Crippen LogP contribution in [0.1, 0.15) is 19.3 Å². The van der Waals surface area contributed by atoms with Crippen molar-refractivity contribution in [2.75, 3.05) is 13.6 Å². The average Bonchev–Trinajstić information content (AvgIpc) is 2.12. The predicted octanol–water partition coefficient (Wildman–Crippen LogP) is 2.22. The molecular formula is C11H16BrN3. The molecule has 1 N–H and O–H groups in total. The second kappa shape index (κ2) is 4.00. The first kappa shape index (κ1) is 10.7. The van der Waals surface area contributed by atoms with E-state index in [1.165, 1.54) is 6.42 Å². The molecule has 0 aromatic rings. The molecule has 15 heavy (non-hydrogen) atoms. The van der Waals surface area contributed by atoms with Crippen LogP contribution in [0.15, 0.2) is 28.5 Å². The highest BCUT2D eigenvalue weighted by atomic mass is 79.9. The van der Waals surface area contributed by atoms with E-state index in [9.17, 15) is 0 Å². The van der Waals surface area contributed by atoms with Gasteiger partial charge in [-0.3, -0.25) is 0 Å². The van der Waals surface area contributed by atoms with Crippen molar-refractivity contribution in [2.45, 2.75) is 24.8 Å². The summed E-state index contributed by atoms with van der Waals surface area (Å²) in [6.45, 7) is 4.66. The van der Waals surface area contributed by atoms with Gasteiger partial charge in [-0.15, -0.1) is 0 Å². The summed E-state index contributed by atoms with van der Waals surface area (Å²) in [5, 5.41) is 3.36. The summed E-state index contributed by atoms with van der Waals surface area (Å²) in [6, 6.07) is 0. The lowest BCUT2D eigenvalue weighted by molar-refractivity contribution is 0.271. The first-order chi connectivity index (χ1) is 7.18. The molecule has 1 saturated carbocycles. The lowest BCUT2D eigenvalue weighted by atomic mass is 9.75. The number of halogens is 1. The molecular weight excluding hydrogens is 254 g/mol. The van der Waals surface area contributed by atoms with Crippen molar-refractivity contribution < 1.29 is 0 Å². The SMILES string of the molecule is C=CNC1(C2=NC=C(Br)CN2C)CCC1. The standard InChI is InChI=1S/C11H16BrN3/c1-3-14-11(5-4-6-11)10-13-7-9(12)8-15(10)2/h3,7,14H,1,4-6,8H2,2H3. The number of nitrogens with one attached hydrogen (secondary N) is 1. The smallest absolute Gasteiger partial charge is 0.130 e.